The van der Waals surface area contributed by atoms with Crippen molar-refractivity contribution in [3.8, 4) is 0 Å². The number of hydrogen-bond acceptors (Lipinski definition) is 1. The minimum absolute atomic E-state index is 0.289. The van der Waals surface area contributed by atoms with Crippen molar-refractivity contribution in [1.29, 1.82) is 0 Å². The Balaban J connectivity index is 2.40. The topological polar surface area (TPSA) is 55.1 Å². The van der Waals surface area contributed by atoms with Gasteiger partial charge in [0.2, 0.25) is 0 Å². The van der Waals surface area contributed by atoms with Gasteiger partial charge in [0.1, 0.15) is 0 Å². The van der Waals surface area contributed by atoms with Gasteiger partial charge < -0.3 is 11.1 Å². The minimum Gasteiger partial charge on any atom is -0.352 e. The molecule has 0 saturated carbocycles. The number of amides is 2. The standard InChI is InChI=1S/C14H13ClN2O/c15-12-8-4-7-11(9-12)13(17-14(16)18)10-5-2-1-3-6-10/h1-9,13H,(H3,16,17,18)/t13-/m1/s1. The molecule has 0 fully saturated rings. The van der Waals surface area contributed by atoms with Gasteiger partial charge in [0.25, 0.3) is 0 Å². The molecule has 92 valence electrons. The molecule has 18 heavy (non-hydrogen) atoms. The molecule has 0 unspecified atom stereocenters. The quantitative estimate of drug-likeness (QED) is 0.875. The molecule has 2 amide bonds. The molecule has 0 radical (unpaired) electrons. The predicted molar refractivity (Wildman–Crippen MR) is 72.5 cm³/mol. The molecule has 4 heteroatoms. The van der Waals surface area contributed by atoms with Gasteiger partial charge in [0, 0.05) is 5.02 Å². The van der Waals surface area contributed by atoms with Crippen LogP contribution in [-0.4, -0.2) is 6.03 Å². The van der Waals surface area contributed by atoms with Gasteiger partial charge in [-0.05, 0) is 23.3 Å². The average molecular weight is 261 g/mol. The molecule has 2 aromatic rings. The number of hydrogen-bond donors (Lipinski definition) is 2. The number of carbonyl (C=O) groups excluding carboxylic acids is 1. The lowest BCUT2D eigenvalue weighted by Gasteiger charge is -2.18. The van der Waals surface area contributed by atoms with Crippen molar-refractivity contribution in [3.05, 3.63) is 70.7 Å². The van der Waals surface area contributed by atoms with E-state index in [-0.39, 0.29) is 6.04 Å². The van der Waals surface area contributed by atoms with E-state index in [2.05, 4.69) is 5.32 Å². The summed E-state index contributed by atoms with van der Waals surface area (Å²) >= 11 is 5.97. The normalized spacial score (nSPS) is 11.8. The summed E-state index contributed by atoms with van der Waals surface area (Å²) in [4.78, 5) is 11.1. The van der Waals surface area contributed by atoms with Crippen molar-refractivity contribution in [1.82, 2.24) is 5.32 Å². The van der Waals surface area contributed by atoms with Crippen LogP contribution in [-0.2, 0) is 0 Å². The van der Waals surface area contributed by atoms with E-state index in [1.54, 1.807) is 6.07 Å². The molecule has 0 aliphatic carbocycles. The van der Waals surface area contributed by atoms with Crippen LogP contribution in [0.1, 0.15) is 17.2 Å². The Morgan fingerprint density at radius 2 is 1.72 bits per heavy atom. The van der Waals surface area contributed by atoms with Crippen molar-refractivity contribution in [2.24, 2.45) is 5.73 Å². The van der Waals surface area contributed by atoms with Gasteiger partial charge in [-0.2, -0.15) is 0 Å². The lowest BCUT2D eigenvalue weighted by molar-refractivity contribution is 0.247. The van der Waals surface area contributed by atoms with Crippen LogP contribution in [0.3, 0.4) is 0 Å². The molecule has 0 aliphatic heterocycles. The summed E-state index contributed by atoms with van der Waals surface area (Å²) < 4.78 is 0. The van der Waals surface area contributed by atoms with Crippen molar-refractivity contribution in [3.63, 3.8) is 0 Å². The predicted octanol–water partition coefficient (Wildman–Crippen LogP) is 3.10. The summed E-state index contributed by atoms with van der Waals surface area (Å²) in [5, 5.41) is 3.34. The summed E-state index contributed by atoms with van der Waals surface area (Å²) in [6, 6.07) is 16.1. The maximum Gasteiger partial charge on any atom is 0.312 e. The third-order valence-corrected chi connectivity index (χ3v) is 2.84. The van der Waals surface area contributed by atoms with Crippen LogP contribution in [0.5, 0.6) is 0 Å². The summed E-state index contributed by atoms with van der Waals surface area (Å²) in [6.07, 6.45) is 0. The molecule has 1 atom stereocenters. The van der Waals surface area contributed by atoms with E-state index in [1.165, 1.54) is 0 Å². The van der Waals surface area contributed by atoms with Crippen LogP contribution in [0.4, 0.5) is 4.79 Å². The molecule has 2 aromatic carbocycles. The lowest BCUT2D eigenvalue weighted by atomic mass is 9.99. The van der Waals surface area contributed by atoms with Crippen LogP contribution >= 0.6 is 11.6 Å². The number of rotatable bonds is 3. The van der Waals surface area contributed by atoms with Crippen molar-refractivity contribution < 1.29 is 4.79 Å². The van der Waals surface area contributed by atoms with E-state index < -0.39 is 6.03 Å². The Bertz CT molecular complexity index is 543. The van der Waals surface area contributed by atoms with Gasteiger partial charge in [-0.3, -0.25) is 0 Å². The van der Waals surface area contributed by atoms with Gasteiger partial charge >= 0.3 is 6.03 Å². The number of urea groups is 1. The highest BCUT2D eigenvalue weighted by Gasteiger charge is 2.15. The zero-order valence-corrected chi connectivity index (χ0v) is 10.4. The SMILES string of the molecule is NC(=O)N[C@H](c1ccccc1)c1cccc(Cl)c1. The second-order valence-electron chi connectivity index (χ2n) is 3.91. The highest BCUT2D eigenvalue weighted by atomic mass is 35.5. The molecule has 2 rings (SSSR count). The van der Waals surface area contributed by atoms with E-state index >= 15 is 0 Å². The van der Waals surface area contributed by atoms with Crippen molar-refractivity contribution in [2.45, 2.75) is 6.04 Å². The summed E-state index contributed by atoms with van der Waals surface area (Å²) in [5.41, 5.74) is 7.08. The number of nitrogens with two attached hydrogens (primary N) is 1. The number of halogens is 1. The molecule has 0 saturated heterocycles. The van der Waals surface area contributed by atoms with E-state index in [0.29, 0.717) is 5.02 Å². The second-order valence-corrected chi connectivity index (χ2v) is 4.34. The maximum atomic E-state index is 11.1. The highest BCUT2D eigenvalue weighted by molar-refractivity contribution is 6.30. The Labute approximate surface area is 111 Å². The third kappa shape index (κ3) is 3.02. The summed E-state index contributed by atoms with van der Waals surface area (Å²) in [5.74, 6) is 0. The smallest absolute Gasteiger partial charge is 0.312 e. The zero-order valence-electron chi connectivity index (χ0n) is 9.64. The fourth-order valence-electron chi connectivity index (χ4n) is 1.83. The molecular weight excluding hydrogens is 248 g/mol. The van der Waals surface area contributed by atoms with E-state index in [4.69, 9.17) is 17.3 Å². The van der Waals surface area contributed by atoms with Crippen LogP contribution in [0.2, 0.25) is 5.02 Å². The highest BCUT2D eigenvalue weighted by Crippen LogP contribution is 2.24. The maximum absolute atomic E-state index is 11.1. The monoisotopic (exact) mass is 260 g/mol. The molecule has 3 N–H and O–H groups in total. The first-order chi connectivity index (χ1) is 8.66. The number of carbonyl (C=O) groups is 1. The fourth-order valence-corrected chi connectivity index (χ4v) is 2.03. The van der Waals surface area contributed by atoms with Gasteiger partial charge in [-0.1, -0.05) is 54.1 Å². The lowest BCUT2D eigenvalue weighted by Crippen LogP contribution is -2.33. The van der Waals surface area contributed by atoms with Crippen molar-refractivity contribution >= 4 is 17.6 Å². The number of nitrogens with one attached hydrogen (secondary N) is 1. The van der Waals surface area contributed by atoms with Gasteiger partial charge in [-0.15, -0.1) is 0 Å². The van der Waals surface area contributed by atoms with E-state index in [0.717, 1.165) is 11.1 Å². The summed E-state index contributed by atoms with van der Waals surface area (Å²) in [7, 11) is 0. The Hall–Kier alpha value is -2.00. The van der Waals surface area contributed by atoms with E-state index in [1.807, 2.05) is 48.5 Å². The van der Waals surface area contributed by atoms with Crippen LogP contribution < -0.4 is 11.1 Å². The van der Waals surface area contributed by atoms with E-state index in [9.17, 15) is 4.79 Å². The third-order valence-electron chi connectivity index (χ3n) is 2.60. The first-order valence-electron chi connectivity index (χ1n) is 5.53. The second kappa shape index (κ2) is 5.56. The molecule has 0 heterocycles. The molecular formula is C14H13ClN2O. The Morgan fingerprint density at radius 3 is 2.33 bits per heavy atom. The molecule has 0 bridgehead atoms. The molecule has 0 spiro atoms. The van der Waals surface area contributed by atoms with Crippen LogP contribution in [0.15, 0.2) is 54.6 Å². The molecule has 0 aliphatic rings. The first-order valence-corrected chi connectivity index (χ1v) is 5.91. The Morgan fingerprint density at radius 1 is 1.06 bits per heavy atom. The Kier molecular flexibility index (Phi) is 3.85. The number of primary amides is 1. The van der Waals surface area contributed by atoms with Crippen LogP contribution in [0.25, 0.3) is 0 Å². The van der Waals surface area contributed by atoms with Crippen LogP contribution in [0, 0.1) is 0 Å². The molecule has 0 aromatic heterocycles. The van der Waals surface area contributed by atoms with Crippen molar-refractivity contribution in [2.75, 3.05) is 0 Å². The minimum atomic E-state index is -0.566. The summed E-state index contributed by atoms with van der Waals surface area (Å²) in [6.45, 7) is 0. The van der Waals surface area contributed by atoms with Gasteiger partial charge in [-0.25, -0.2) is 4.79 Å². The van der Waals surface area contributed by atoms with Gasteiger partial charge in [0.05, 0.1) is 6.04 Å². The zero-order chi connectivity index (χ0) is 13.0. The fraction of sp³-hybridized carbons (Fsp3) is 0.0714. The first kappa shape index (κ1) is 12.5. The van der Waals surface area contributed by atoms with Gasteiger partial charge in [0.15, 0.2) is 0 Å². The largest absolute Gasteiger partial charge is 0.352 e. The average Bonchev–Trinajstić information content (AvgIpc) is 2.37. The number of benzene rings is 2. The molecule has 3 nitrogen and oxygen atoms in total.